The van der Waals surface area contributed by atoms with Crippen molar-refractivity contribution in [2.45, 2.75) is 10.8 Å². The molecule has 0 saturated heterocycles. The molecule has 5 rings (SSSR count). The van der Waals surface area contributed by atoms with E-state index in [4.69, 9.17) is 14.0 Å². The summed E-state index contributed by atoms with van der Waals surface area (Å²) < 4.78 is 16.1. The van der Waals surface area contributed by atoms with Crippen molar-refractivity contribution in [1.82, 2.24) is 15.1 Å². The summed E-state index contributed by atoms with van der Waals surface area (Å²) in [7, 11) is 0. The van der Waals surface area contributed by atoms with Crippen LogP contribution in [0.2, 0.25) is 0 Å². The second-order valence-electron chi connectivity index (χ2n) is 5.71. The Morgan fingerprint density at radius 2 is 1.85 bits per heavy atom. The molecule has 0 N–H and O–H groups in total. The lowest BCUT2D eigenvalue weighted by Crippen LogP contribution is -1.92. The summed E-state index contributed by atoms with van der Waals surface area (Å²) in [5, 5.41) is 6.11. The van der Waals surface area contributed by atoms with Gasteiger partial charge in [-0.1, -0.05) is 41.2 Å². The highest BCUT2D eigenvalue weighted by molar-refractivity contribution is 7.98. The first-order valence-corrected chi connectivity index (χ1v) is 9.05. The van der Waals surface area contributed by atoms with Crippen LogP contribution < -0.4 is 9.47 Å². The Bertz CT molecular complexity index is 1100. The van der Waals surface area contributed by atoms with Crippen molar-refractivity contribution < 1.29 is 14.0 Å². The third-order valence-electron chi connectivity index (χ3n) is 4.02. The molecule has 0 radical (unpaired) electrons. The molecule has 0 bridgehead atoms. The van der Waals surface area contributed by atoms with Gasteiger partial charge in [0.05, 0.1) is 16.3 Å². The van der Waals surface area contributed by atoms with Gasteiger partial charge in [-0.15, -0.1) is 0 Å². The van der Waals surface area contributed by atoms with E-state index in [2.05, 4.69) is 21.2 Å². The molecule has 0 aliphatic carbocycles. The minimum atomic E-state index is 0.242. The van der Waals surface area contributed by atoms with E-state index in [1.807, 2.05) is 48.5 Å². The Morgan fingerprint density at radius 1 is 0.923 bits per heavy atom. The lowest BCUT2D eigenvalue weighted by Gasteiger charge is -2.00. The fourth-order valence-electron chi connectivity index (χ4n) is 2.73. The van der Waals surface area contributed by atoms with Crippen LogP contribution in [-0.2, 0) is 5.75 Å². The van der Waals surface area contributed by atoms with Crippen molar-refractivity contribution in [1.29, 1.82) is 0 Å². The number of hydrogen-bond donors (Lipinski definition) is 0. The van der Waals surface area contributed by atoms with E-state index >= 15 is 0 Å². The molecular weight excluding hydrogens is 350 g/mol. The van der Waals surface area contributed by atoms with Crippen LogP contribution in [-0.4, -0.2) is 21.9 Å². The molecule has 1 aliphatic rings. The summed E-state index contributed by atoms with van der Waals surface area (Å²) >= 11 is 1.56. The Balaban J connectivity index is 1.32. The lowest BCUT2D eigenvalue weighted by molar-refractivity contribution is 0.174. The third-order valence-corrected chi connectivity index (χ3v) is 4.93. The summed E-state index contributed by atoms with van der Waals surface area (Å²) in [5.74, 6) is 3.07. The number of ether oxygens (including phenoxy) is 2. The standard InChI is InChI=1S/C19H13N3O3S/c1-2-4-14-12(3-1)6-8-18(20-14)26-10-17-21-19(22-25-17)13-5-7-15-16(9-13)24-11-23-15/h1-9H,10-11H2. The van der Waals surface area contributed by atoms with Crippen LogP contribution in [0.25, 0.3) is 22.3 Å². The Labute approximate surface area is 153 Å². The molecular formula is C19H13N3O3S. The number of nitrogens with zero attached hydrogens (tertiary/aromatic N) is 3. The lowest BCUT2D eigenvalue weighted by atomic mass is 10.2. The maximum Gasteiger partial charge on any atom is 0.237 e. The number of para-hydroxylation sites is 1. The number of pyridine rings is 1. The van der Waals surface area contributed by atoms with Crippen molar-refractivity contribution in [3.05, 3.63) is 60.5 Å². The highest BCUT2D eigenvalue weighted by Gasteiger charge is 2.16. The van der Waals surface area contributed by atoms with Gasteiger partial charge in [-0.05, 0) is 30.3 Å². The average molecular weight is 363 g/mol. The zero-order chi connectivity index (χ0) is 17.3. The minimum absolute atomic E-state index is 0.242. The smallest absolute Gasteiger partial charge is 0.237 e. The van der Waals surface area contributed by atoms with Gasteiger partial charge in [0, 0.05) is 10.9 Å². The van der Waals surface area contributed by atoms with E-state index in [0.29, 0.717) is 23.2 Å². The third kappa shape index (κ3) is 2.86. The fraction of sp³-hybridized carbons (Fsp3) is 0.105. The van der Waals surface area contributed by atoms with E-state index in [9.17, 15) is 0 Å². The summed E-state index contributed by atoms with van der Waals surface area (Å²) in [6, 6.07) is 17.7. The maximum atomic E-state index is 5.39. The zero-order valence-corrected chi connectivity index (χ0v) is 14.4. The molecule has 128 valence electrons. The van der Waals surface area contributed by atoms with Gasteiger partial charge in [0.1, 0.15) is 0 Å². The molecule has 3 heterocycles. The van der Waals surface area contributed by atoms with Crippen LogP contribution in [0.3, 0.4) is 0 Å². The van der Waals surface area contributed by atoms with Crippen LogP contribution in [0.4, 0.5) is 0 Å². The minimum Gasteiger partial charge on any atom is -0.454 e. The van der Waals surface area contributed by atoms with E-state index < -0.39 is 0 Å². The SMILES string of the molecule is c1ccc2nc(SCc3nc(-c4ccc5c(c4)OCO5)no3)ccc2c1. The average Bonchev–Trinajstić information content (AvgIpc) is 3.35. The van der Waals surface area contributed by atoms with Gasteiger partial charge in [-0.2, -0.15) is 4.98 Å². The van der Waals surface area contributed by atoms with Crippen molar-refractivity contribution in [2.24, 2.45) is 0 Å². The highest BCUT2D eigenvalue weighted by atomic mass is 32.2. The van der Waals surface area contributed by atoms with Gasteiger partial charge in [0.25, 0.3) is 0 Å². The van der Waals surface area contributed by atoms with Gasteiger partial charge in [0.15, 0.2) is 11.5 Å². The molecule has 0 unspecified atom stereocenters. The van der Waals surface area contributed by atoms with E-state index in [1.54, 1.807) is 11.8 Å². The predicted molar refractivity (Wildman–Crippen MR) is 97.2 cm³/mol. The van der Waals surface area contributed by atoms with Gasteiger partial charge < -0.3 is 14.0 Å². The molecule has 0 atom stereocenters. The molecule has 7 heteroatoms. The van der Waals surface area contributed by atoms with E-state index in [1.165, 1.54) is 0 Å². The fourth-order valence-corrected chi connectivity index (χ4v) is 3.45. The second-order valence-corrected chi connectivity index (χ2v) is 6.71. The normalized spacial score (nSPS) is 12.6. The Kier molecular flexibility index (Phi) is 3.71. The first-order chi connectivity index (χ1) is 12.8. The molecule has 0 spiro atoms. The highest BCUT2D eigenvalue weighted by Crippen LogP contribution is 2.35. The Morgan fingerprint density at radius 3 is 2.85 bits per heavy atom. The topological polar surface area (TPSA) is 70.3 Å². The molecule has 6 nitrogen and oxygen atoms in total. The van der Waals surface area contributed by atoms with Crippen molar-refractivity contribution in [3.8, 4) is 22.9 Å². The summed E-state index contributed by atoms with van der Waals surface area (Å²) in [5.41, 5.74) is 1.81. The van der Waals surface area contributed by atoms with Crippen LogP contribution in [0.1, 0.15) is 5.89 Å². The van der Waals surface area contributed by atoms with E-state index in [0.717, 1.165) is 27.2 Å². The van der Waals surface area contributed by atoms with Crippen LogP contribution in [0.15, 0.2) is 64.1 Å². The maximum absolute atomic E-state index is 5.39. The number of hydrogen-bond acceptors (Lipinski definition) is 7. The molecule has 1 aliphatic heterocycles. The number of thioether (sulfide) groups is 1. The summed E-state index contributed by atoms with van der Waals surface area (Å²) in [6.07, 6.45) is 0. The predicted octanol–water partition coefficient (Wildman–Crippen LogP) is 4.31. The van der Waals surface area contributed by atoms with Crippen LogP contribution in [0.5, 0.6) is 11.5 Å². The van der Waals surface area contributed by atoms with Crippen LogP contribution >= 0.6 is 11.8 Å². The van der Waals surface area contributed by atoms with Gasteiger partial charge >= 0.3 is 0 Å². The van der Waals surface area contributed by atoms with E-state index in [-0.39, 0.29) is 6.79 Å². The van der Waals surface area contributed by atoms with Crippen LogP contribution in [0, 0.1) is 0 Å². The zero-order valence-electron chi connectivity index (χ0n) is 13.6. The monoisotopic (exact) mass is 363 g/mol. The van der Waals surface area contributed by atoms with Crippen molar-refractivity contribution in [2.75, 3.05) is 6.79 Å². The molecule has 2 aromatic carbocycles. The molecule has 2 aromatic heterocycles. The largest absolute Gasteiger partial charge is 0.454 e. The van der Waals surface area contributed by atoms with Gasteiger partial charge in [-0.25, -0.2) is 4.98 Å². The second kappa shape index (κ2) is 6.34. The van der Waals surface area contributed by atoms with Crippen molar-refractivity contribution in [3.63, 3.8) is 0 Å². The number of benzene rings is 2. The molecule has 0 amide bonds. The quantitative estimate of drug-likeness (QED) is 0.500. The van der Waals surface area contributed by atoms with Gasteiger partial charge in [0.2, 0.25) is 18.5 Å². The first kappa shape index (κ1) is 15.2. The number of fused-ring (bicyclic) bond motifs is 2. The molecule has 4 aromatic rings. The first-order valence-electron chi connectivity index (χ1n) is 8.06. The summed E-state index contributed by atoms with van der Waals surface area (Å²) in [4.78, 5) is 9.10. The Hall–Kier alpha value is -3.06. The summed E-state index contributed by atoms with van der Waals surface area (Å²) in [6.45, 7) is 0.242. The number of aromatic nitrogens is 3. The number of rotatable bonds is 4. The van der Waals surface area contributed by atoms with Crippen molar-refractivity contribution >= 4 is 22.7 Å². The molecule has 0 saturated carbocycles. The van der Waals surface area contributed by atoms with Gasteiger partial charge in [-0.3, -0.25) is 0 Å². The molecule has 26 heavy (non-hydrogen) atoms. The molecule has 0 fully saturated rings.